The molecule has 0 fully saturated rings. The first-order valence-electron chi connectivity index (χ1n) is 2.65. The fraction of sp³-hybridized carbons (Fsp3) is 0.667. The molecule has 0 radical (unpaired) electrons. The van der Waals surface area contributed by atoms with Gasteiger partial charge in [-0.3, -0.25) is 0 Å². The first-order chi connectivity index (χ1) is 3.81. The van der Waals surface area contributed by atoms with E-state index in [4.69, 9.17) is 0 Å². The van der Waals surface area contributed by atoms with Gasteiger partial charge < -0.3 is 9.98 Å². The molecule has 0 saturated heterocycles. The average molecular weight is 112 g/mol. The van der Waals surface area contributed by atoms with E-state index in [0.29, 0.717) is 5.92 Å². The second kappa shape index (κ2) is 4.50. The third-order valence-corrected chi connectivity index (χ3v) is 0.768. The van der Waals surface area contributed by atoms with Crippen LogP contribution in [-0.4, -0.2) is 26.5 Å². The van der Waals surface area contributed by atoms with Crippen LogP contribution in [0.2, 0.25) is 0 Å². The summed E-state index contributed by atoms with van der Waals surface area (Å²) in [6.45, 7) is 2.04. The van der Waals surface area contributed by atoms with E-state index in [1.807, 2.05) is 19.4 Å². The van der Waals surface area contributed by atoms with Crippen molar-refractivity contribution in [1.29, 1.82) is 0 Å². The van der Waals surface area contributed by atoms with Crippen LogP contribution in [0.4, 0.5) is 0 Å². The van der Waals surface area contributed by atoms with Gasteiger partial charge in [-0.05, 0) is 0 Å². The molecule has 0 aliphatic carbocycles. The van der Waals surface area contributed by atoms with E-state index in [-0.39, 0.29) is 0 Å². The van der Waals surface area contributed by atoms with Crippen LogP contribution in [0.1, 0.15) is 6.92 Å². The third-order valence-electron chi connectivity index (χ3n) is 0.768. The molecule has 0 heterocycles. The van der Waals surface area contributed by atoms with Gasteiger partial charge in [-0.25, -0.2) is 0 Å². The molecule has 0 spiro atoms. The van der Waals surface area contributed by atoms with Crippen LogP contribution >= 0.6 is 0 Å². The van der Waals surface area contributed by atoms with Crippen molar-refractivity contribution in [2.24, 2.45) is 15.9 Å². The zero-order valence-electron chi connectivity index (χ0n) is 5.63. The number of aliphatic imine (C=N–C) groups is 2. The monoisotopic (exact) mass is 112 g/mol. The second-order valence-electron chi connectivity index (χ2n) is 1.67. The molecule has 0 saturated carbocycles. The van der Waals surface area contributed by atoms with Gasteiger partial charge in [0.25, 0.3) is 0 Å². The van der Waals surface area contributed by atoms with E-state index in [9.17, 15) is 0 Å². The highest BCUT2D eigenvalue weighted by atomic mass is 14.7. The van der Waals surface area contributed by atoms with Crippen LogP contribution in [0.25, 0.3) is 0 Å². The number of hydrogen-bond acceptors (Lipinski definition) is 2. The van der Waals surface area contributed by atoms with E-state index in [1.165, 1.54) is 0 Å². The summed E-state index contributed by atoms with van der Waals surface area (Å²) < 4.78 is 0. The lowest BCUT2D eigenvalue weighted by molar-refractivity contribution is 1.10. The Morgan fingerprint density at radius 2 is 1.50 bits per heavy atom. The van der Waals surface area contributed by atoms with E-state index in [1.54, 1.807) is 14.1 Å². The van der Waals surface area contributed by atoms with Gasteiger partial charge in [-0.2, -0.15) is 0 Å². The largest absolute Gasteiger partial charge is 0.300 e. The summed E-state index contributed by atoms with van der Waals surface area (Å²) in [5, 5.41) is 0. The minimum absolute atomic E-state index is 0.380. The molecule has 0 aromatic rings. The summed E-state index contributed by atoms with van der Waals surface area (Å²) in [7, 11) is 3.53. The molecule has 0 atom stereocenters. The minimum atomic E-state index is 0.380. The zero-order valence-corrected chi connectivity index (χ0v) is 5.63. The van der Waals surface area contributed by atoms with Gasteiger partial charge in [-0.15, -0.1) is 0 Å². The van der Waals surface area contributed by atoms with E-state index >= 15 is 0 Å². The second-order valence-corrected chi connectivity index (χ2v) is 1.67. The predicted octanol–water partition coefficient (Wildman–Crippen LogP) is 1.02. The molecule has 0 N–H and O–H groups in total. The molecule has 0 aromatic heterocycles. The Kier molecular flexibility index (Phi) is 4.13. The molecular weight excluding hydrogens is 100 g/mol. The molecule has 0 unspecified atom stereocenters. The van der Waals surface area contributed by atoms with Crippen LogP contribution in [0.15, 0.2) is 9.98 Å². The summed E-state index contributed by atoms with van der Waals surface area (Å²) in [6, 6.07) is 0. The maximum Gasteiger partial charge on any atom is 0.0273 e. The summed E-state index contributed by atoms with van der Waals surface area (Å²) in [5.74, 6) is 0.380. The Bertz CT molecular complexity index is 82.7. The van der Waals surface area contributed by atoms with Crippen molar-refractivity contribution < 1.29 is 0 Å². The van der Waals surface area contributed by atoms with Gasteiger partial charge in [0.2, 0.25) is 0 Å². The Balaban J connectivity index is 3.47. The van der Waals surface area contributed by atoms with Gasteiger partial charge in [-0.1, -0.05) is 6.92 Å². The smallest absolute Gasteiger partial charge is 0.0273 e. The standard InChI is InChI=1S/C6H12N2/c1-6(4-7-2)5-8-3/h4-6H,1-3H3. The lowest BCUT2D eigenvalue weighted by Gasteiger charge is -1.90. The molecule has 0 aliphatic rings. The van der Waals surface area contributed by atoms with Gasteiger partial charge in [0.05, 0.1) is 0 Å². The first kappa shape index (κ1) is 7.34. The Morgan fingerprint density at radius 1 is 1.12 bits per heavy atom. The summed E-state index contributed by atoms with van der Waals surface area (Å²) in [6.07, 6.45) is 3.71. The van der Waals surface area contributed by atoms with Crippen LogP contribution < -0.4 is 0 Å². The van der Waals surface area contributed by atoms with Gasteiger partial charge in [0.1, 0.15) is 0 Å². The van der Waals surface area contributed by atoms with Crippen molar-refractivity contribution in [3.63, 3.8) is 0 Å². The number of nitrogens with zero attached hydrogens (tertiary/aromatic N) is 2. The van der Waals surface area contributed by atoms with Crippen LogP contribution in [0.3, 0.4) is 0 Å². The summed E-state index contributed by atoms with van der Waals surface area (Å²) in [4.78, 5) is 7.68. The minimum Gasteiger partial charge on any atom is -0.300 e. The van der Waals surface area contributed by atoms with Crippen LogP contribution in [0, 0.1) is 5.92 Å². The SMILES string of the molecule is CN=CC(C)C=NC. The van der Waals surface area contributed by atoms with Gasteiger partial charge in [0.15, 0.2) is 0 Å². The molecule has 0 aromatic carbocycles. The molecule has 0 rings (SSSR count). The number of hydrogen-bond donors (Lipinski definition) is 0. The van der Waals surface area contributed by atoms with E-state index in [0.717, 1.165) is 0 Å². The molecule has 0 aliphatic heterocycles. The fourth-order valence-corrected chi connectivity index (χ4v) is 0.509. The fourth-order valence-electron chi connectivity index (χ4n) is 0.509. The normalized spacial score (nSPS) is 15.9. The molecule has 0 bridgehead atoms. The Morgan fingerprint density at radius 3 is 1.75 bits per heavy atom. The van der Waals surface area contributed by atoms with Crippen molar-refractivity contribution in [2.45, 2.75) is 6.92 Å². The highest BCUT2D eigenvalue weighted by Crippen LogP contribution is 1.82. The summed E-state index contributed by atoms with van der Waals surface area (Å²) >= 11 is 0. The molecule has 0 amide bonds. The molecule has 8 heavy (non-hydrogen) atoms. The highest BCUT2D eigenvalue weighted by molar-refractivity contribution is 5.82. The maximum absolute atomic E-state index is 3.84. The first-order valence-corrected chi connectivity index (χ1v) is 2.65. The van der Waals surface area contributed by atoms with Gasteiger partial charge in [0, 0.05) is 32.4 Å². The summed E-state index contributed by atoms with van der Waals surface area (Å²) in [5.41, 5.74) is 0. The van der Waals surface area contributed by atoms with Crippen molar-refractivity contribution in [3.8, 4) is 0 Å². The molecular formula is C6H12N2. The Hall–Kier alpha value is -0.660. The zero-order chi connectivity index (χ0) is 6.41. The molecule has 46 valence electrons. The van der Waals surface area contributed by atoms with Crippen molar-refractivity contribution in [1.82, 2.24) is 0 Å². The highest BCUT2D eigenvalue weighted by Gasteiger charge is 1.86. The number of rotatable bonds is 2. The van der Waals surface area contributed by atoms with Crippen LogP contribution in [0.5, 0.6) is 0 Å². The van der Waals surface area contributed by atoms with E-state index in [2.05, 4.69) is 9.98 Å². The quantitative estimate of drug-likeness (QED) is 0.476. The van der Waals surface area contributed by atoms with Crippen molar-refractivity contribution in [3.05, 3.63) is 0 Å². The lowest BCUT2D eigenvalue weighted by atomic mass is 10.2. The van der Waals surface area contributed by atoms with Crippen LogP contribution in [-0.2, 0) is 0 Å². The third kappa shape index (κ3) is 3.53. The average Bonchev–Trinajstić information content (AvgIpc) is 1.68. The van der Waals surface area contributed by atoms with Crippen molar-refractivity contribution in [2.75, 3.05) is 14.1 Å². The Labute approximate surface area is 50.4 Å². The maximum atomic E-state index is 3.84. The van der Waals surface area contributed by atoms with Gasteiger partial charge >= 0.3 is 0 Å². The van der Waals surface area contributed by atoms with Crippen molar-refractivity contribution >= 4 is 12.4 Å². The predicted molar refractivity (Wildman–Crippen MR) is 38.0 cm³/mol. The lowest BCUT2D eigenvalue weighted by Crippen LogP contribution is -1.95. The molecule has 2 heteroatoms. The van der Waals surface area contributed by atoms with E-state index < -0.39 is 0 Å². The molecule has 2 nitrogen and oxygen atoms in total. The topological polar surface area (TPSA) is 24.7 Å².